The van der Waals surface area contributed by atoms with Crippen LogP contribution in [0.1, 0.15) is 25.5 Å². The Hall–Kier alpha value is -0.580. The number of rotatable bonds is 4. The van der Waals surface area contributed by atoms with Crippen molar-refractivity contribution in [2.24, 2.45) is 0 Å². The van der Waals surface area contributed by atoms with Crippen LogP contribution in [0.4, 0.5) is 0 Å². The molecule has 5 heteroatoms. The first-order valence-electron chi connectivity index (χ1n) is 4.61. The molecular formula is C10H13ClO3S. The van der Waals surface area contributed by atoms with Gasteiger partial charge in [0.25, 0.3) is 9.05 Å². The van der Waals surface area contributed by atoms with Gasteiger partial charge in [0.1, 0.15) is 0 Å². The van der Waals surface area contributed by atoms with Crippen molar-refractivity contribution in [1.82, 2.24) is 0 Å². The Morgan fingerprint density at radius 1 is 1.33 bits per heavy atom. The molecule has 0 saturated carbocycles. The third kappa shape index (κ3) is 3.48. The molecule has 0 aliphatic heterocycles. The molecule has 0 spiro atoms. The standard InChI is InChI=1S/C10H13ClO3S/c1-3-14-8(2)9-4-6-10(7-5-9)15(11,12)13/h4-8H,3H2,1-2H3/t8-/m1/s1. The molecule has 1 aromatic carbocycles. The minimum absolute atomic E-state index is 0.0397. The van der Waals surface area contributed by atoms with Crippen molar-refractivity contribution < 1.29 is 13.2 Å². The van der Waals surface area contributed by atoms with Crippen LogP contribution in [0.3, 0.4) is 0 Å². The normalized spacial score (nSPS) is 13.8. The van der Waals surface area contributed by atoms with Crippen LogP contribution in [0, 0.1) is 0 Å². The minimum Gasteiger partial charge on any atom is -0.374 e. The lowest BCUT2D eigenvalue weighted by Crippen LogP contribution is -2.00. The molecule has 3 nitrogen and oxygen atoms in total. The van der Waals surface area contributed by atoms with Crippen molar-refractivity contribution in [3.63, 3.8) is 0 Å². The highest BCUT2D eigenvalue weighted by atomic mass is 35.7. The van der Waals surface area contributed by atoms with Crippen LogP contribution < -0.4 is 0 Å². The van der Waals surface area contributed by atoms with Gasteiger partial charge in [0.15, 0.2) is 0 Å². The Morgan fingerprint density at radius 2 is 1.87 bits per heavy atom. The fraction of sp³-hybridized carbons (Fsp3) is 0.400. The SMILES string of the molecule is CCO[C@H](C)c1ccc(S(=O)(=O)Cl)cc1. The van der Waals surface area contributed by atoms with E-state index in [4.69, 9.17) is 15.4 Å². The fourth-order valence-corrected chi connectivity index (χ4v) is 2.02. The summed E-state index contributed by atoms with van der Waals surface area (Å²) in [4.78, 5) is 0.108. The molecule has 0 unspecified atom stereocenters. The van der Waals surface area contributed by atoms with Gasteiger partial charge in [0.05, 0.1) is 11.0 Å². The predicted molar refractivity (Wildman–Crippen MR) is 59.5 cm³/mol. The molecule has 84 valence electrons. The van der Waals surface area contributed by atoms with Gasteiger partial charge in [0, 0.05) is 17.3 Å². The molecule has 0 saturated heterocycles. The first-order chi connectivity index (χ1) is 6.95. The van der Waals surface area contributed by atoms with Gasteiger partial charge >= 0.3 is 0 Å². The number of benzene rings is 1. The molecule has 0 aliphatic carbocycles. The summed E-state index contributed by atoms with van der Waals surface area (Å²) in [6, 6.07) is 6.37. The van der Waals surface area contributed by atoms with Crippen molar-refractivity contribution in [3.8, 4) is 0 Å². The third-order valence-electron chi connectivity index (χ3n) is 2.05. The summed E-state index contributed by atoms with van der Waals surface area (Å²) < 4.78 is 27.3. The van der Waals surface area contributed by atoms with Crippen LogP contribution in [0.25, 0.3) is 0 Å². The summed E-state index contributed by atoms with van der Waals surface area (Å²) in [6.07, 6.45) is -0.0397. The van der Waals surface area contributed by atoms with Crippen LogP contribution >= 0.6 is 10.7 Å². The van der Waals surface area contributed by atoms with E-state index in [1.54, 1.807) is 12.1 Å². The highest BCUT2D eigenvalue weighted by Crippen LogP contribution is 2.20. The monoisotopic (exact) mass is 248 g/mol. The largest absolute Gasteiger partial charge is 0.374 e. The number of ether oxygens (including phenoxy) is 1. The zero-order valence-electron chi connectivity index (χ0n) is 8.60. The van der Waals surface area contributed by atoms with Crippen molar-refractivity contribution in [2.75, 3.05) is 6.61 Å². The van der Waals surface area contributed by atoms with Crippen molar-refractivity contribution in [3.05, 3.63) is 29.8 Å². The number of hydrogen-bond acceptors (Lipinski definition) is 3. The fourth-order valence-electron chi connectivity index (χ4n) is 1.25. The maximum absolute atomic E-state index is 11.0. The van der Waals surface area contributed by atoms with Crippen molar-refractivity contribution >= 4 is 19.7 Å². The van der Waals surface area contributed by atoms with E-state index < -0.39 is 9.05 Å². The maximum Gasteiger partial charge on any atom is 0.261 e. The molecule has 1 atom stereocenters. The summed E-state index contributed by atoms with van der Waals surface area (Å²) in [5, 5.41) is 0. The molecule has 15 heavy (non-hydrogen) atoms. The van der Waals surface area contributed by atoms with E-state index in [-0.39, 0.29) is 11.0 Å². The summed E-state index contributed by atoms with van der Waals surface area (Å²) in [6.45, 7) is 4.44. The average Bonchev–Trinajstić information content (AvgIpc) is 2.17. The van der Waals surface area contributed by atoms with Gasteiger partial charge in [-0.05, 0) is 31.5 Å². The van der Waals surface area contributed by atoms with Crippen molar-refractivity contribution in [1.29, 1.82) is 0 Å². The Balaban J connectivity index is 2.90. The lowest BCUT2D eigenvalue weighted by molar-refractivity contribution is 0.0763. The number of hydrogen-bond donors (Lipinski definition) is 0. The van der Waals surface area contributed by atoms with E-state index in [1.807, 2.05) is 13.8 Å². The van der Waals surface area contributed by atoms with E-state index >= 15 is 0 Å². The van der Waals surface area contributed by atoms with E-state index in [9.17, 15) is 8.42 Å². The smallest absolute Gasteiger partial charge is 0.261 e. The first kappa shape index (κ1) is 12.5. The minimum atomic E-state index is -3.63. The van der Waals surface area contributed by atoms with E-state index in [0.717, 1.165) is 5.56 Å². The van der Waals surface area contributed by atoms with Gasteiger partial charge in [-0.15, -0.1) is 0 Å². The Morgan fingerprint density at radius 3 is 2.27 bits per heavy atom. The van der Waals surface area contributed by atoms with E-state index in [1.165, 1.54) is 12.1 Å². The molecule has 0 amide bonds. The summed E-state index contributed by atoms with van der Waals surface area (Å²) in [7, 11) is 1.57. The van der Waals surface area contributed by atoms with Crippen molar-refractivity contribution in [2.45, 2.75) is 24.8 Å². The van der Waals surface area contributed by atoms with Crippen LogP contribution in [0.5, 0.6) is 0 Å². The summed E-state index contributed by atoms with van der Waals surface area (Å²) in [5.74, 6) is 0. The van der Waals surface area contributed by atoms with Crippen LogP contribution in [-0.2, 0) is 13.8 Å². The predicted octanol–water partition coefficient (Wildman–Crippen LogP) is 2.71. The highest BCUT2D eigenvalue weighted by molar-refractivity contribution is 8.13. The van der Waals surface area contributed by atoms with Crippen LogP contribution in [-0.4, -0.2) is 15.0 Å². The molecule has 0 bridgehead atoms. The summed E-state index contributed by atoms with van der Waals surface area (Å²) >= 11 is 0. The molecular weight excluding hydrogens is 236 g/mol. The Bertz CT molecular complexity index is 411. The van der Waals surface area contributed by atoms with Gasteiger partial charge in [-0.1, -0.05) is 12.1 Å². The topological polar surface area (TPSA) is 43.4 Å². The lowest BCUT2D eigenvalue weighted by atomic mass is 10.1. The first-order valence-corrected chi connectivity index (χ1v) is 6.92. The van der Waals surface area contributed by atoms with Gasteiger partial charge in [0.2, 0.25) is 0 Å². The molecule has 1 aromatic rings. The molecule has 0 heterocycles. The lowest BCUT2D eigenvalue weighted by Gasteiger charge is -2.11. The van der Waals surface area contributed by atoms with Gasteiger partial charge < -0.3 is 4.74 Å². The molecule has 1 rings (SSSR count). The zero-order chi connectivity index (χ0) is 11.5. The Labute approximate surface area is 94.4 Å². The quantitative estimate of drug-likeness (QED) is 0.770. The van der Waals surface area contributed by atoms with Gasteiger partial charge in [-0.3, -0.25) is 0 Å². The van der Waals surface area contributed by atoms with E-state index in [0.29, 0.717) is 6.61 Å². The van der Waals surface area contributed by atoms with Crippen LogP contribution in [0.2, 0.25) is 0 Å². The van der Waals surface area contributed by atoms with Crippen LogP contribution in [0.15, 0.2) is 29.2 Å². The molecule has 0 N–H and O–H groups in total. The second kappa shape index (κ2) is 4.96. The maximum atomic E-state index is 11.0. The average molecular weight is 249 g/mol. The molecule has 0 fully saturated rings. The van der Waals surface area contributed by atoms with E-state index in [2.05, 4.69) is 0 Å². The Kier molecular flexibility index (Phi) is 4.13. The molecule has 0 aliphatic rings. The third-order valence-corrected chi connectivity index (χ3v) is 3.42. The molecule has 0 radical (unpaired) electrons. The van der Waals surface area contributed by atoms with Gasteiger partial charge in [-0.2, -0.15) is 0 Å². The zero-order valence-corrected chi connectivity index (χ0v) is 10.2. The highest BCUT2D eigenvalue weighted by Gasteiger charge is 2.10. The second-order valence-corrected chi connectivity index (χ2v) is 5.67. The molecule has 0 aromatic heterocycles. The summed E-state index contributed by atoms with van der Waals surface area (Å²) in [5.41, 5.74) is 0.931. The number of halogens is 1. The second-order valence-electron chi connectivity index (χ2n) is 3.10. The van der Waals surface area contributed by atoms with Gasteiger partial charge in [-0.25, -0.2) is 8.42 Å².